The van der Waals surface area contributed by atoms with Gasteiger partial charge in [0.1, 0.15) is 12.6 Å². The Morgan fingerprint density at radius 1 is 1.47 bits per heavy atom. The lowest BCUT2D eigenvalue weighted by Gasteiger charge is -2.26. The fourth-order valence-electron chi connectivity index (χ4n) is 1.78. The zero-order chi connectivity index (χ0) is 13.2. The summed E-state index contributed by atoms with van der Waals surface area (Å²) in [5.74, 6) is -1.87. The van der Waals surface area contributed by atoms with E-state index in [0.29, 0.717) is 0 Å². The number of β-amino-alcohol motifs (C(OH)–C–C–N with tert-alkyl or cyclic N) is 1. The van der Waals surface area contributed by atoms with Gasteiger partial charge in [0, 0.05) is 20.0 Å². The average molecular weight is 245 g/mol. The lowest BCUT2D eigenvalue weighted by molar-refractivity contribution is -0.141. The van der Waals surface area contributed by atoms with Crippen LogP contribution < -0.4 is 5.73 Å². The normalized spacial score (nSPS) is 23.5. The number of amides is 3. The summed E-state index contributed by atoms with van der Waals surface area (Å²) in [6.07, 6.45) is -0.868. The van der Waals surface area contributed by atoms with Crippen molar-refractivity contribution in [2.45, 2.75) is 18.6 Å². The minimum atomic E-state index is -1.18. The number of carboxylic acid groups (broad SMARTS) is 1. The van der Waals surface area contributed by atoms with Gasteiger partial charge in [-0.25, -0.2) is 9.59 Å². The fraction of sp³-hybridized carbons (Fsp3) is 0.667. The first kappa shape index (κ1) is 13.2. The number of hydrogen-bond donors (Lipinski definition) is 3. The molecule has 0 saturated carbocycles. The highest BCUT2D eigenvalue weighted by molar-refractivity contribution is 5.86. The monoisotopic (exact) mass is 245 g/mol. The van der Waals surface area contributed by atoms with Crippen molar-refractivity contribution in [2.75, 3.05) is 20.1 Å². The summed E-state index contributed by atoms with van der Waals surface area (Å²) in [5, 5.41) is 18.3. The van der Waals surface area contributed by atoms with Crippen molar-refractivity contribution in [1.82, 2.24) is 9.80 Å². The molecule has 1 fully saturated rings. The number of aliphatic hydroxyl groups excluding tert-OH is 1. The van der Waals surface area contributed by atoms with E-state index in [2.05, 4.69) is 0 Å². The molecule has 0 aliphatic carbocycles. The van der Waals surface area contributed by atoms with E-state index in [-0.39, 0.29) is 19.5 Å². The molecule has 96 valence electrons. The van der Waals surface area contributed by atoms with Crippen LogP contribution in [0.1, 0.15) is 6.42 Å². The molecule has 0 unspecified atom stereocenters. The van der Waals surface area contributed by atoms with E-state index in [9.17, 15) is 19.5 Å². The Morgan fingerprint density at radius 3 is 2.53 bits per heavy atom. The van der Waals surface area contributed by atoms with Crippen molar-refractivity contribution >= 4 is 17.9 Å². The number of likely N-dealkylation sites (N-methyl/N-ethyl adjacent to an activating group) is 1. The Bertz CT molecular complexity index is 346. The third-order valence-corrected chi connectivity index (χ3v) is 2.53. The van der Waals surface area contributed by atoms with Gasteiger partial charge in [0.25, 0.3) is 0 Å². The summed E-state index contributed by atoms with van der Waals surface area (Å²) in [5.41, 5.74) is 4.93. The summed E-state index contributed by atoms with van der Waals surface area (Å²) in [6.45, 7) is -0.351. The molecule has 4 N–H and O–H groups in total. The SMILES string of the molecule is CN(CC(N)=O)C(=O)N1C[C@H](O)C[C@H]1C(=O)O. The molecule has 3 amide bonds. The van der Waals surface area contributed by atoms with Gasteiger partial charge >= 0.3 is 12.0 Å². The molecular formula is C9H15N3O5. The van der Waals surface area contributed by atoms with E-state index in [1.54, 1.807) is 0 Å². The fourth-order valence-corrected chi connectivity index (χ4v) is 1.78. The van der Waals surface area contributed by atoms with Gasteiger partial charge in [0.05, 0.1) is 6.10 Å². The van der Waals surface area contributed by atoms with Crippen LogP contribution in [0.2, 0.25) is 0 Å². The molecule has 1 saturated heterocycles. The number of primary amides is 1. The largest absolute Gasteiger partial charge is 0.480 e. The van der Waals surface area contributed by atoms with Crippen LogP contribution >= 0.6 is 0 Å². The first-order valence-electron chi connectivity index (χ1n) is 5.03. The van der Waals surface area contributed by atoms with Crippen molar-refractivity contribution in [3.05, 3.63) is 0 Å². The minimum absolute atomic E-state index is 0.00845. The first-order chi connectivity index (χ1) is 7.82. The summed E-state index contributed by atoms with van der Waals surface area (Å²) in [7, 11) is 1.34. The van der Waals surface area contributed by atoms with E-state index in [4.69, 9.17) is 10.8 Å². The minimum Gasteiger partial charge on any atom is -0.480 e. The molecule has 1 heterocycles. The van der Waals surface area contributed by atoms with Gasteiger partial charge < -0.3 is 25.7 Å². The van der Waals surface area contributed by atoms with Crippen LogP contribution in [0, 0.1) is 0 Å². The average Bonchev–Trinajstić information content (AvgIpc) is 2.58. The Morgan fingerprint density at radius 2 is 2.06 bits per heavy atom. The molecule has 8 nitrogen and oxygen atoms in total. The van der Waals surface area contributed by atoms with Gasteiger partial charge in [-0.05, 0) is 0 Å². The highest BCUT2D eigenvalue weighted by atomic mass is 16.4. The predicted molar refractivity (Wildman–Crippen MR) is 56.0 cm³/mol. The van der Waals surface area contributed by atoms with Crippen LogP contribution in [0.4, 0.5) is 4.79 Å². The van der Waals surface area contributed by atoms with Crippen molar-refractivity contribution < 1.29 is 24.6 Å². The summed E-state index contributed by atoms with van der Waals surface area (Å²) in [6, 6.07) is -1.69. The third kappa shape index (κ3) is 3.06. The molecule has 1 aliphatic heterocycles. The second-order valence-corrected chi connectivity index (χ2v) is 4.00. The van der Waals surface area contributed by atoms with Gasteiger partial charge in [0.15, 0.2) is 0 Å². The molecule has 0 aromatic heterocycles. The standard InChI is InChI=1S/C9H15N3O5/c1-11(4-7(10)14)9(17)12-3-5(13)2-6(12)8(15)16/h5-6,13H,2-4H2,1H3,(H2,10,14)(H,15,16)/t5-,6+/m1/s1. The van der Waals surface area contributed by atoms with Gasteiger partial charge in [-0.1, -0.05) is 0 Å². The molecule has 1 rings (SSSR count). The molecular weight excluding hydrogens is 230 g/mol. The molecule has 0 radical (unpaired) electrons. The summed E-state index contributed by atoms with van der Waals surface area (Å²) in [4.78, 5) is 35.4. The Hall–Kier alpha value is -1.83. The molecule has 0 aromatic rings. The zero-order valence-electron chi connectivity index (χ0n) is 9.37. The molecule has 0 aromatic carbocycles. The van der Waals surface area contributed by atoms with Crippen molar-refractivity contribution in [2.24, 2.45) is 5.73 Å². The lowest BCUT2D eigenvalue weighted by atomic mass is 10.2. The Labute approximate surface area is 97.6 Å². The maximum Gasteiger partial charge on any atom is 0.326 e. The van der Waals surface area contributed by atoms with E-state index in [0.717, 1.165) is 9.80 Å². The maximum absolute atomic E-state index is 11.8. The van der Waals surface area contributed by atoms with Crippen LogP contribution in [-0.2, 0) is 9.59 Å². The van der Waals surface area contributed by atoms with Crippen LogP contribution in [-0.4, -0.2) is 70.2 Å². The van der Waals surface area contributed by atoms with E-state index >= 15 is 0 Å². The molecule has 0 spiro atoms. The molecule has 2 atom stereocenters. The van der Waals surface area contributed by atoms with E-state index in [1.165, 1.54) is 7.05 Å². The predicted octanol–water partition coefficient (Wildman–Crippen LogP) is -1.96. The quantitative estimate of drug-likeness (QED) is 0.532. The number of aliphatic hydroxyl groups is 1. The lowest BCUT2D eigenvalue weighted by Crippen LogP contribution is -2.48. The maximum atomic E-state index is 11.8. The highest BCUT2D eigenvalue weighted by Crippen LogP contribution is 2.19. The Balaban J connectivity index is 2.73. The van der Waals surface area contributed by atoms with Gasteiger partial charge in [0.2, 0.25) is 5.91 Å². The van der Waals surface area contributed by atoms with Gasteiger partial charge in [-0.2, -0.15) is 0 Å². The van der Waals surface area contributed by atoms with Crippen LogP contribution in [0.3, 0.4) is 0 Å². The van der Waals surface area contributed by atoms with Crippen LogP contribution in [0.25, 0.3) is 0 Å². The number of carbonyl (C=O) groups is 3. The summed E-state index contributed by atoms with van der Waals surface area (Å²) < 4.78 is 0. The number of aliphatic carboxylic acids is 1. The second-order valence-electron chi connectivity index (χ2n) is 4.00. The summed E-state index contributed by atoms with van der Waals surface area (Å²) >= 11 is 0. The molecule has 17 heavy (non-hydrogen) atoms. The van der Waals surface area contributed by atoms with Crippen molar-refractivity contribution in [3.8, 4) is 0 Å². The number of carbonyl (C=O) groups excluding carboxylic acids is 2. The molecule has 8 heteroatoms. The van der Waals surface area contributed by atoms with E-state index in [1.807, 2.05) is 0 Å². The molecule has 0 bridgehead atoms. The zero-order valence-corrected chi connectivity index (χ0v) is 9.37. The van der Waals surface area contributed by atoms with Crippen LogP contribution in [0.5, 0.6) is 0 Å². The first-order valence-corrected chi connectivity index (χ1v) is 5.03. The number of nitrogens with zero attached hydrogens (tertiary/aromatic N) is 2. The smallest absolute Gasteiger partial charge is 0.326 e. The van der Waals surface area contributed by atoms with Gasteiger partial charge in [-0.3, -0.25) is 4.79 Å². The van der Waals surface area contributed by atoms with Crippen LogP contribution in [0.15, 0.2) is 0 Å². The van der Waals surface area contributed by atoms with Crippen molar-refractivity contribution in [1.29, 1.82) is 0 Å². The topological polar surface area (TPSA) is 124 Å². The highest BCUT2D eigenvalue weighted by Gasteiger charge is 2.40. The third-order valence-electron chi connectivity index (χ3n) is 2.53. The van der Waals surface area contributed by atoms with Gasteiger partial charge in [-0.15, -0.1) is 0 Å². The Kier molecular flexibility index (Phi) is 3.89. The molecule has 1 aliphatic rings. The van der Waals surface area contributed by atoms with Crippen molar-refractivity contribution in [3.63, 3.8) is 0 Å². The number of rotatable bonds is 3. The van der Waals surface area contributed by atoms with E-state index < -0.39 is 30.1 Å². The number of likely N-dealkylation sites (tertiary alicyclic amines) is 1. The number of carboxylic acids is 1. The number of hydrogen-bond acceptors (Lipinski definition) is 4. The number of urea groups is 1. The second kappa shape index (κ2) is 5.00. The number of nitrogens with two attached hydrogens (primary N) is 1.